The third kappa shape index (κ3) is 13.5. The predicted molar refractivity (Wildman–Crippen MR) is 170 cm³/mol. The van der Waals surface area contributed by atoms with Gasteiger partial charge in [0.2, 0.25) is 11.8 Å². The van der Waals surface area contributed by atoms with Crippen LogP contribution in [0.2, 0.25) is 0 Å². The molecule has 1 unspecified atom stereocenters. The Kier molecular flexibility index (Phi) is 14.5. The summed E-state index contributed by atoms with van der Waals surface area (Å²) >= 11 is 0. The number of benzene rings is 3. The first-order chi connectivity index (χ1) is 21.3. The van der Waals surface area contributed by atoms with Crippen molar-refractivity contribution < 1.29 is 38.6 Å². The number of amides is 3. The normalized spacial score (nSPS) is 12.0. The van der Waals surface area contributed by atoms with Gasteiger partial charge in [0.25, 0.3) is 0 Å². The summed E-state index contributed by atoms with van der Waals surface area (Å²) in [6, 6.07) is 19.2. The van der Waals surface area contributed by atoms with Crippen molar-refractivity contribution in [2.45, 2.75) is 78.2 Å². The Morgan fingerprint density at radius 1 is 0.800 bits per heavy atom. The van der Waals surface area contributed by atoms with Crippen LogP contribution in [0.3, 0.4) is 0 Å². The highest BCUT2D eigenvalue weighted by Gasteiger charge is 2.31. The average Bonchev–Trinajstić information content (AvgIpc) is 2.98. The largest absolute Gasteiger partial charge is 0.480 e. The fraction of sp³-hybridized carbons (Fsp3) is 0.382. The van der Waals surface area contributed by atoms with Gasteiger partial charge in [-0.15, -0.1) is 0 Å². The minimum Gasteiger partial charge on any atom is -0.480 e. The van der Waals surface area contributed by atoms with Crippen LogP contribution >= 0.6 is 0 Å². The van der Waals surface area contributed by atoms with Crippen molar-refractivity contribution in [2.24, 2.45) is 0 Å². The topological polar surface area (TPSA) is 160 Å². The monoisotopic (exact) mass is 621 g/mol. The van der Waals surface area contributed by atoms with Crippen LogP contribution in [-0.4, -0.2) is 59.2 Å². The Morgan fingerprint density at radius 2 is 1.42 bits per heavy atom. The molecule has 2 atom stereocenters. The van der Waals surface area contributed by atoms with Gasteiger partial charge in [0.15, 0.2) is 0 Å². The summed E-state index contributed by atoms with van der Waals surface area (Å²) in [6.07, 6.45) is -0.235. The van der Waals surface area contributed by atoms with Gasteiger partial charge in [-0.25, -0.2) is 4.79 Å². The lowest BCUT2D eigenvalue weighted by Gasteiger charge is -2.25. The first kappa shape index (κ1) is 36.3. The van der Waals surface area contributed by atoms with Crippen molar-refractivity contribution in [2.75, 3.05) is 6.54 Å². The van der Waals surface area contributed by atoms with E-state index in [1.807, 2.05) is 36.4 Å². The van der Waals surface area contributed by atoms with Crippen LogP contribution in [0.1, 0.15) is 58.6 Å². The molecule has 0 aromatic heterocycles. The number of ether oxygens (including phenoxy) is 2. The van der Waals surface area contributed by atoms with E-state index in [9.17, 15) is 24.0 Å². The van der Waals surface area contributed by atoms with E-state index >= 15 is 0 Å². The van der Waals surface area contributed by atoms with E-state index in [1.54, 1.807) is 57.2 Å². The van der Waals surface area contributed by atoms with Crippen molar-refractivity contribution in [3.05, 3.63) is 83.9 Å². The number of carboxylic acids is 1. The number of alkyl carbamates (subject to hydrolysis) is 1. The number of esters is 1. The fourth-order valence-corrected chi connectivity index (χ4v) is 4.12. The van der Waals surface area contributed by atoms with Crippen LogP contribution in [0.15, 0.2) is 72.8 Å². The Morgan fingerprint density at radius 3 is 2.07 bits per heavy atom. The fourth-order valence-electron chi connectivity index (χ4n) is 4.12. The first-order valence-electron chi connectivity index (χ1n) is 14.8. The molecule has 0 bridgehead atoms. The lowest BCUT2D eigenvalue weighted by Crippen LogP contribution is -2.55. The van der Waals surface area contributed by atoms with Gasteiger partial charge in [-0.05, 0) is 42.7 Å². The summed E-state index contributed by atoms with van der Waals surface area (Å²) in [6.45, 7) is 8.50. The maximum atomic E-state index is 13.5. The zero-order chi connectivity index (χ0) is 33.4. The molecule has 0 radical (unpaired) electrons. The molecule has 0 spiro atoms. The Hall–Kier alpha value is -4.93. The maximum absolute atomic E-state index is 13.5. The standard InChI is InChI=1S/C31H35N3O8.C3H8/c1-31(2,3)42-27(37)17-25(34-30(40)41-19-20-10-5-4-6-11-20)29(39)33-24(28(38)32-18-26(35)36)16-22-14-9-13-21-12-7-8-15-23(21)22;1-3-2/h4-15,24-25H,16-19H2,1-3H3,(H,32,38)(H,33,39)(H,34,40)(H,35,36);3H2,1-2H3/t24?,25-;/m0./s1. The number of nitrogens with one attached hydrogen (secondary N) is 3. The van der Waals surface area contributed by atoms with Gasteiger partial charge in [-0.3, -0.25) is 19.2 Å². The van der Waals surface area contributed by atoms with Crippen LogP contribution in [-0.2, 0) is 41.7 Å². The lowest BCUT2D eigenvalue weighted by molar-refractivity contribution is -0.156. The average molecular weight is 622 g/mol. The van der Waals surface area contributed by atoms with Crippen molar-refractivity contribution in [3.8, 4) is 0 Å². The van der Waals surface area contributed by atoms with Gasteiger partial charge < -0.3 is 30.5 Å². The van der Waals surface area contributed by atoms with Gasteiger partial charge in [0, 0.05) is 6.42 Å². The Labute approximate surface area is 263 Å². The first-order valence-corrected chi connectivity index (χ1v) is 14.8. The molecule has 3 amide bonds. The summed E-state index contributed by atoms with van der Waals surface area (Å²) in [4.78, 5) is 62.9. The van der Waals surface area contributed by atoms with Crippen molar-refractivity contribution in [1.82, 2.24) is 16.0 Å². The van der Waals surface area contributed by atoms with Crippen LogP contribution in [0.5, 0.6) is 0 Å². The molecule has 4 N–H and O–H groups in total. The van der Waals surface area contributed by atoms with Crippen LogP contribution < -0.4 is 16.0 Å². The van der Waals surface area contributed by atoms with Gasteiger partial charge in [0.1, 0.15) is 30.8 Å². The maximum Gasteiger partial charge on any atom is 0.408 e. The molecule has 0 aliphatic rings. The van der Waals surface area contributed by atoms with Gasteiger partial charge in [-0.1, -0.05) is 93.1 Å². The van der Waals surface area contributed by atoms with Gasteiger partial charge >= 0.3 is 18.0 Å². The van der Waals surface area contributed by atoms with Gasteiger partial charge in [-0.2, -0.15) is 0 Å². The van der Waals surface area contributed by atoms with Crippen molar-refractivity contribution in [1.29, 1.82) is 0 Å². The van der Waals surface area contributed by atoms with Crippen LogP contribution in [0, 0.1) is 0 Å². The minimum atomic E-state index is -1.45. The highest BCUT2D eigenvalue weighted by Crippen LogP contribution is 2.20. The van der Waals surface area contributed by atoms with Gasteiger partial charge in [0.05, 0.1) is 6.42 Å². The molecule has 0 saturated carbocycles. The third-order valence-corrected chi connectivity index (χ3v) is 5.96. The molecule has 45 heavy (non-hydrogen) atoms. The molecule has 11 heteroatoms. The number of rotatable bonds is 12. The van der Waals surface area contributed by atoms with E-state index in [4.69, 9.17) is 14.6 Å². The van der Waals surface area contributed by atoms with E-state index in [0.29, 0.717) is 5.56 Å². The second-order valence-corrected chi connectivity index (χ2v) is 11.3. The molecular formula is C34H43N3O8. The molecule has 0 saturated heterocycles. The summed E-state index contributed by atoms with van der Waals surface area (Å²) in [7, 11) is 0. The number of hydrogen-bond acceptors (Lipinski definition) is 7. The zero-order valence-corrected chi connectivity index (χ0v) is 26.4. The predicted octanol–water partition coefficient (Wildman–Crippen LogP) is 4.51. The second-order valence-electron chi connectivity index (χ2n) is 11.3. The molecule has 3 aromatic rings. The van der Waals surface area contributed by atoms with E-state index < -0.39 is 60.5 Å². The second kappa shape index (κ2) is 18.0. The Balaban J connectivity index is 0.00000226. The molecule has 3 rings (SSSR count). The van der Waals surface area contributed by atoms with Crippen LogP contribution in [0.4, 0.5) is 4.79 Å². The summed E-state index contributed by atoms with van der Waals surface area (Å²) in [5.41, 5.74) is 0.591. The molecule has 0 aliphatic carbocycles. The molecule has 3 aromatic carbocycles. The number of aliphatic carboxylic acids is 1. The van der Waals surface area contributed by atoms with Crippen LogP contribution in [0.25, 0.3) is 10.8 Å². The minimum absolute atomic E-state index is 0.0101. The summed E-state index contributed by atoms with van der Waals surface area (Å²) in [5.74, 6) is -3.62. The summed E-state index contributed by atoms with van der Waals surface area (Å²) < 4.78 is 10.6. The van der Waals surface area contributed by atoms with E-state index in [-0.39, 0.29) is 13.0 Å². The summed E-state index contributed by atoms with van der Waals surface area (Å²) in [5, 5.41) is 18.1. The van der Waals surface area contributed by atoms with E-state index in [2.05, 4.69) is 29.8 Å². The third-order valence-electron chi connectivity index (χ3n) is 5.96. The molecule has 242 valence electrons. The number of carbonyl (C=O) groups excluding carboxylic acids is 4. The van der Waals surface area contributed by atoms with E-state index in [0.717, 1.165) is 16.3 Å². The highest BCUT2D eigenvalue weighted by molar-refractivity contribution is 5.95. The molecule has 0 aliphatic heterocycles. The molecular weight excluding hydrogens is 578 g/mol. The van der Waals surface area contributed by atoms with Crippen molar-refractivity contribution >= 4 is 40.6 Å². The zero-order valence-electron chi connectivity index (χ0n) is 26.4. The lowest BCUT2D eigenvalue weighted by atomic mass is 9.98. The Bertz CT molecular complexity index is 1430. The number of hydrogen-bond donors (Lipinski definition) is 4. The molecule has 11 nitrogen and oxygen atoms in total. The smallest absolute Gasteiger partial charge is 0.408 e. The van der Waals surface area contributed by atoms with Crippen molar-refractivity contribution in [3.63, 3.8) is 0 Å². The van der Waals surface area contributed by atoms with E-state index in [1.165, 1.54) is 6.42 Å². The number of fused-ring (bicyclic) bond motifs is 1. The molecule has 0 fully saturated rings. The molecule has 0 heterocycles. The quantitative estimate of drug-likeness (QED) is 0.215. The highest BCUT2D eigenvalue weighted by atomic mass is 16.6. The number of carbonyl (C=O) groups is 5. The number of carboxylic acid groups (broad SMARTS) is 1. The SMILES string of the molecule is CC(C)(C)OC(=O)C[C@H](NC(=O)OCc1ccccc1)C(=O)NC(Cc1cccc2ccccc12)C(=O)NCC(=O)O.CCC.